The SMILES string of the molecule is COc1ccc2cc(CN(C)C(=O)C[NH+]3CCN(c4ccc(O)cc4)CC3)ccc2c1. The Hall–Kier alpha value is -3.25. The first-order valence-corrected chi connectivity index (χ1v) is 10.7. The molecule has 6 nitrogen and oxygen atoms in total. The summed E-state index contributed by atoms with van der Waals surface area (Å²) in [5.74, 6) is 1.30. The van der Waals surface area contributed by atoms with Crippen molar-refractivity contribution in [1.29, 1.82) is 0 Å². The molecule has 1 amide bonds. The van der Waals surface area contributed by atoms with Gasteiger partial charge in [-0.3, -0.25) is 4.79 Å². The minimum absolute atomic E-state index is 0.169. The second-order valence-corrected chi connectivity index (χ2v) is 8.23. The van der Waals surface area contributed by atoms with Crippen molar-refractivity contribution in [2.75, 3.05) is 51.8 Å². The van der Waals surface area contributed by atoms with Gasteiger partial charge >= 0.3 is 0 Å². The highest BCUT2D eigenvalue weighted by atomic mass is 16.5. The van der Waals surface area contributed by atoms with Crippen LogP contribution < -0.4 is 14.5 Å². The number of quaternary nitrogens is 1. The zero-order chi connectivity index (χ0) is 21.8. The number of piperazine rings is 1. The molecule has 0 aliphatic carbocycles. The Bertz CT molecular complexity index is 1040. The molecule has 1 saturated heterocycles. The highest BCUT2D eigenvalue weighted by Gasteiger charge is 2.24. The number of nitrogens with zero attached hydrogens (tertiary/aromatic N) is 2. The maximum Gasteiger partial charge on any atom is 0.277 e. The summed E-state index contributed by atoms with van der Waals surface area (Å²) < 4.78 is 5.29. The summed E-state index contributed by atoms with van der Waals surface area (Å²) in [5.41, 5.74) is 2.25. The van der Waals surface area contributed by atoms with Gasteiger partial charge in [-0.1, -0.05) is 18.2 Å². The van der Waals surface area contributed by atoms with Crippen molar-refractivity contribution < 1.29 is 19.5 Å². The van der Waals surface area contributed by atoms with Gasteiger partial charge in [0.1, 0.15) is 11.5 Å². The van der Waals surface area contributed by atoms with E-state index < -0.39 is 0 Å². The number of hydrogen-bond acceptors (Lipinski definition) is 4. The van der Waals surface area contributed by atoms with E-state index in [1.54, 1.807) is 19.2 Å². The fourth-order valence-electron chi connectivity index (χ4n) is 4.13. The first-order valence-electron chi connectivity index (χ1n) is 10.7. The number of amides is 1. The molecule has 1 heterocycles. The normalized spacial score (nSPS) is 14.6. The van der Waals surface area contributed by atoms with Gasteiger partial charge in [0.15, 0.2) is 6.54 Å². The van der Waals surface area contributed by atoms with Gasteiger partial charge in [0, 0.05) is 19.3 Å². The molecule has 0 radical (unpaired) electrons. The third kappa shape index (κ3) is 5.09. The number of rotatable bonds is 6. The monoisotopic (exact) mass is 420 g/mol. The molecule has 1 aliphatic heterocycles. The zero-order valence-corrected chi connectivity index (χ0v) is 18.2. The number of phenolic OH excluding ortho intramolecular Hbond substituents is 1. The molecule has 2 N–H and O–H groups in total. The lowest BCUT2D eigenvalue weighted by atomic mass is 10.1. The van der Waals surface area contributed by atoms with Crippen molar-refractivity contribution in [3.05, 3.63) is 66.2 Å². The van der Waals surface area contributed by atoms with Gasteiger partial charge < -0.3 is 24.5 Å². The summed E-state index contributed by atoms with van der Waals surface area (Å²) in [7, 11) is 3.55. The molecular formula is C25H30N3O3+. The van der Waals surface area contributed by atoms with Crippen LogP contribution in [0.4, 0.5) is 5.69 Å². The first kappa shape index (κ1) is 21.0. The largest absolute Gasteiger partial charge is 0.508 e. The first-order chi connectivity index (χ1) is 15.0. The average Bonchev–Trinajstić information content (AvgIpc) is 2.79. The number of nitrogens with one attached hydrogen (secondary N) is 1. The predicted octanol–water partition coefficient (Wildman–Crippen LogP) is 1.92. The Morgan fingerprint density at radius 2 is 1.71 bits per heavy atom. The number of phenols is 1. The summed E-state index contributed by atoms with van der Waals surface area (Å²) in [5, 5.41) is 11.7. The number of benzene rings is 3. The smallest absolute Gasteiger partial charge is 0.277 e. The van der Waals surface area contributed by atoms with Crippen LogP contribution in [0, 0.1) is 0 Å². The van der Waals surface area contributed by atoms with E-state index in [4.69, 9.17) is 4.74 Å². The molecule has 0 aromatic heterocycles. The third-order valence-electron chi connectivity index (χ3n) is 6.04. The Morgan fingerprint density at radius 3 is 2.42 bits per heavy atom. The Kier molecular flexibility index (Phi) is 6.28. The van der Waals surface area contributed by atoms with Gasteiger partial charge in [-0.05, 0) is 58.8 Å². The molecule has 31 heavy (non-hydrogen) atoms. The van der Waals surface area contributed by atoms with Crippen molar-refractivity contribution in [2.45, 2.75) is 6.54 Å². The highest BCUT2D eigenvalue weighted by molar-refractivity contribution is 5.84. The van der Waals surface area contributed by atoms with Crippen molar-refractivity contribution in [1.82, 2.24) is 4.90 Å². The van der Waals surface area contributed by atoms with E-state index in [1.807, 2.05) is 36.2 Å². The molecule has 0 spiro atoms. The van der Waals surface area contributed by atoms with Gasteiger partial charge in [0.2, 0.25) is 0 Å². The molecule has 6 heteroatoms. The molecule has 0 unspecified atom stereocenters. The number of carbonyl (C=O) groups is 1. The van der Waals surface area contributed by atoms with E-state index in [2.05, 4.69) is 29.2 Å². The van der Waals surface area contributed by atoms with E-state index in [9.17, 15) is 9.90 Å². The second-order valence-electron chi connectivity index (χ2n) is 8.23. The van der Waals surface area contributed by atoms with Crippen molar-refractivity contribution in [2.24, 2.45) is 0 Å². The Morgan fingerprint density at radius 1 is 1.03 bits per heavy atom. The average molecular weight is 421 g/mol. The predicted molar refractivity (Wildman–Crippen MR) is 123 cm³/mol. The van der Waals surface area contributed by atoms with Crippen LogP contribution in [0.3, 0.4) is 0 Å². The van der Waals surface area contributed by atoms with Crippen molar-refractivity contribution in [3.63, 3.8) is 0 Å². The zero-order valence-electron chi connectivity index (χ0n) is 18.2. The van der Waals surface area contributed by atoms with Gasteiger partial charge in [-0.2, -0.15) is 0 Å². The summed E-state index contributed by atoms with van der Waals surface area (Å²) in [4.78, 5) is 18.2. The standard InChI is InChI=1S/C25H29N3O3/c1-26(17-19-3-4-21-16-24(31-2)10-5-20(21)15-19)25(30)18-27-11-13-28(14-12-27)22-6-8-23(29)9-7-22/h3-10,15-16,29H,11-14,17-18H2,1-2H3/p+1. The topological polar surface area (TPSA) is 57.5 Å². The lowest BCUT2D eigenvalue weighted by Crippen LogP contribution is -3.15. The fraction of sp³-hybridized carbons (Fsp3) is 0.320. The molecule has 1 aliphatic rings. The number of carbonyl (C=O) groups excluding carboxylic acids is 1. The van der Waals surface area contributed by atoms with Crippen LogP contribution in [-0.2, 0) is 11.3 Å². The Balaban J connectivity index is 1.30. The minimum Gasteiger partial charge on any atom is -0.508 e. The summed E-state index contributed by atoms with van der Waals surface area (Å²) >= 11 is 0. The van der Waals surface area contributed by atoms with Gasteiger partial charge in [0.05, 0.1) is 33.3 Å². The molecule has 3 aromatic carbocycles. The van der Waals surface area contributed by atoms with Crippen molar-refractivity contribution in [3.8, 4) is 11.5 Å². The minimum atomic E-state index is 0.169. The number of aromatic hydroxyl groups is 1. The maximum absolute atomic E-state index is 12.8. The van der Waals surface area contributed by atoms with E-state index in [-0.39, 0.29) is 11.7 Å². The molecule has 0 atom stereocenters. The molecule has 0 bridgehead atoms. The van der Waals surface area contributed by atoms with Crippen molar-refractivity contribution >= 4 is 22.4 Å². The van der Waals surface area contributed by atoms with Crippen LogP contribution in [-0.4, -0.2) is 62.8 Å². The van der Waals surface area contributed by atoms with E-state index in [0.29, 0.717) is 13.1 Å². The number of ether oxygens (including phenoxy) is 1. The lowest BCUT2D eigenvalue weighted by molar-refractivity contribution is -0.892. The Labute approximate surface area is 183 Å². The summed E-state index contributed by atoms with van der Waals surface area (Å²) in [6.45, 7) is 4.80. The number of likely N-dealkylation sites (N-methyl/N-ethyl adjacent to an activating group) is 1. The summed E-state index contributed by atoms with van der Waals surface area (Å²) in [6, 6.07) is 19.7. The quantitative estimate of drug-likeness (QED) is 0.640. The second kappa shape index (κ2) is 9.27. The van der Waals surface area contributed by atoms with Crippen LogP contribution in [0.15, 0.2) is 60.7 Å². The number of methoxy groups -OCH3 is 1. The molecule has 4 rings (SSSR count). The molecular weight excluding hydrogens is 390 g/mol. The molecule has 3 aromatic rings. The van der Waals surface area contributed by atoms with Crippen LogP contribution >= 0.6 is 0 Å². The van der Waals surface area contributed by atoms with E-state index in [1.165, 1.54) is 4.90 Å². The molecule has 162 valence electrons. The fourth-order valence-corrected chi connectivity index (χ4v) is 4.13. The third-order valence-corrected chi connectivity index (χ3v) is 6.04. The van der Waals surface area contributed by atoms with Gasteiger partial charge in [-0.15, -0.1) is 0 Å². The van der Waals surface area contributed by atoms with E-state index >= 15 is 0 Å². The number of anilines is 1. The number of fused-ring (bicyclic) bond motifs is 1. The number of hydrogen-bond donors (Lipinski definition) is 2. The van der Waals surface area contributed by atoms with Crippen LogP contribution in [0.25, 0.3) is 10.8 Å². The van der Waals surface area contributed by atoms with E-state index in [0.717, 1.165) is 54.0 Å². The highest BCUT2D eigenvalue weighted by Crippen LogP contribution is 2.22. The summed E-state index contributed by atoms with van der Waals surface area (Å²) in [6.07, 6.45) is 0. The van der Waals surface area contributed by atoms with Crippen LogP contribution in [0.2, 0.25) is 0 Å². The van der Waals surface area contributed by atoms with Crippen LogP contribution in [0.5, 0.6) is 11.5 Å². The van der Waals surface area contributed by atoms with Crippen LogP contribution in [0.1, 0.15) is 5.56 Å². The molecule has 1 fully saturated rings. The molecule has 0 saturated carbocycles. The van der Waals surface area contributed by atoms with Gasteiger partial charge in [-0.25, -0.2) is 0 Å². The maximum atomic E-state index is 12.8. The van der Waals surface area contributed by atoms with Gasteiger partial charge in [0.25, 0.3) is 5.91 Å². The lowest BCUT2D eigenvalue weighted by Gasteiger charge is -2.34.